The third-order valence-electron chi connectivity index (χ3n) is 5.15. The summed E-state index contributed by atoms with van der Waals surface area (Å²) in [5.74, 6) is -1.18. The molecular weight excluding hydrogens is 444 g/mol. The lowest BCUT2D eigenvalue weighted by atomic mass is 10.0. The smallest absolute Gasteiger partial charge is 0.282 e. The van der Waals surface area contributed by atoms with Gasteiger partial charge in [-0.05, 0) is 72.6 Å². The molecule has 33 heavy (non-hydrogen) atoms. The standard InChI is InChI=1S/C24H15ClN4O4/c1-14-12-17(25)6-11-20(14)27-22-21(16-4-9-19(10-5-16)29(32)33)23(30)28(24(22)31)18-7-2-15(13-26)3-8-18/h2-12,27H,1H3. The molecule has 0 spiro atoms. The van der Waals surface area contributed by atoms with Crippen LogP contribution >= 0.6 is 11.6 Å². The first-order chi connectivity index (χ1) is 15.8. The molecule has 0 aliphatic carbocycles. The van der Waals surface area contributed by atoms with E-state index in [0.29, 0.717) is 27.5 Å². The van der Waals surface area contributed by atoms with Crippen LogP contribution in [-0.2, 0) is 9.59 Å². The van der Waals surface area contributed by atoms with E-state index in [4.69, 9.17) is 16.9 Å². The van der Waals surface area contributed by atoms with Crippen LogP contribution in [-0.4, -0.2) is 16.7 Å². The van der Waals surface area contributed by atoms with Crippen molar-refractivity contribution < 1.29 is 14.5 Å². The highest BCUT2D eigenvalue weighted by atomic mass is 35.5. The Morgan fingerprint density at radius 3 is 2.24 bits per heavy atom. The molecule has 1 N–H and O–H groups in total. The molecule has 2 amide bonds. The predicted molar refractivity (Wildman–Crippen MR) is 123 cm³/mol. The van der Waals surface area contributed by atoms with Crippen LogP contribution in [0.4, 0.5) is 17.1 Å². The first kappa shape index (κ1) is 21.7. The Kier molecular flexibility index (Phi) is 5.65. The molecule has 1 aliphatic rings. The molecule has 0 bridgehead atoms. The van der Waals surface area contributed by atoms with Gasteiger partial charge in [-0.1, -0.05) is 11.6 Å². The molecule has 0 fully saturated rings. The summed E-state index contributed by atoms with van der Waals surface area (Å²) in [6.45, 7) is 1.81. The van der Waals surface area contributed by atoms with Crippen molar-refractivity contribution in [2.45, 2.75) is 6.92 Å². The Morgan fingerprint density at radius 2 is 1.67 bits per heavy atom. The number of carbonyl (C=O) groups is 2. The van der Waals surface area contributed by atoms with Gasteiger partial charge in [0.25, 0.3) is 17.5 Å². The van der Waals surface area contributed by atoms with Crippen LogP contribution in [0.15, 0.2) is 72.4 Å². The van der Waals surface area contributed by atoms with Crippen molar-refractivity contribution in [3.63, 3.8) is 0 Å². The molecule has 4 rings (SSSR count). The molecule has 3 aromatic rings. The topological polar surface area (TPSA) is 116 Å². The largest absolute Gasteiger partial charge is 0.350 e. The molecular formula is C24H15ClN4O4. The molecule has 0 saturated heterocycles. The summed E-state index contributed by atoms with van der Waals surface area (Å²) in [4.78, 5) is 38.3. The van der Waals surface area contributed by atoms with Gasteiger partial charge in [0.1, 0.15) is 5.70 Å². The highest BCUT2D eigenvalue weighted by Gasteiger charge is 2.40. The molecule has 1 aliphatic heterocycles. The number of nitrogens with zero attached hydrogens (tertiary/aromatic N) is 3. The molecule has 0 atom stereocenters. The minimum Gasteiger partial charge on any atom is -0.350 e. The maximum Gasteiger partial charge on any atom is 0.282 e. The average Bonchev–Trinajstić information content (AvgIpc) is 3.05. The Balaban J connectivity index is 1.82. The number of benzene rings is 3. The maximum absolute atomic E-state index is 13.4. The van der Waals surface area contributed by atoms with Gasteiger partial charge in [-0.3, -0.25) is 19.7 Å². The number of rotatable bonds is 5. The van der Waals surface area contributed by atoms with Gasteiger partial charge in [0.15, 0.2) is 0 Å². The third-order valence-corrected chi connectivity index (χ3v) is 5.39. The molecule has 3 aromatic carbocycles. The first-order valence-electron chi connectivity index (χ1n) is 9.71. The second-order valence-corrected chi connectivity index (χ2v) is 7.68. The lowest BCUT2D eigenvalue weighted by Gasteiger charge is -2.16. The van der Waals surface area contributed by atoms with Crippen LogP contribution in [0.5, 0.6) is 0 Å². The van der Waals surface area contributed by atoms with Gasteiger partial charge in [-0.15, -0.1) is 0 Å². The van der Waals surface area contributed by atoms with Gasteiger partial charge in [0.2, 0.25) is 0 Å². The number of halogens is 1. The predicted octanol–water partition coefficient (Wildman–Crippen LogP) is 4.82. The van der Waals surface area contributed by atoms with E-state index in [9.17, 15) is 19.7 Å². The van der Waals surface area contributed by atoms with Crippen LogP contribution < -0.4 is 10.2 Å². The van der Waals surface area contributed by atoms with E-state index >= 15 is 0 Å². The number of carbonyl (C=O) groups excluding carboxylic acids is 2. The van der Waals surface area contributed by atoms with Crippen LogP contribution in [0.2, 0.25) is 5.02 Å². The van der Waals surface area contributed by atoms with Crippen LogP contribution in [0.3, 0.4) is 0 Å². The number of hydrogen-bond donors (Lipinski definition) is 1. The zero-order chi connectivity index (χ0) is 23.7. The second kappa shape index (κ2) is 8.57. The molecule has 0 saturated carbocycles. The summed E-state index contributed by atoms with van der Waals surface area (Å²) in [5.41, 5.74) is 2.35. The van der Waals surface area contributed by atoms with Crippen molar-refractivity contribution in [3.8, 4) is 6.07 Å². The number of nitro benzene ring substituents is 1. The van der Waals surface area contributed by atoms with E-state index in [1.54, 1.807) is 25.1 Å². The fourth-order valence-electron chi connectivity index (χ4n) is 3.48. The Morgan fingerprint density at radius 1 is 1.00 bits per heavy atom. The van der Waals surface area contributed by atoms with E-state index in [1.807, 2.05) is 6.07 Å². The fourth-order valence-corrected chi connectivity index (χ4v) is 3.71. The Labute approximate surface area is 193 Å². The zero-order valence-electron chi connectivity index (χ0n) is 17.2. The summed E-state index contributed by atoms with van der Waals surface area (Å²) < 4.78 is 0. The third kappa shape index (κ3) is 4.05. The quantitative estimate of drug-likeness (QED) is 0.332. The summed E-state index contributed by atoms with van der Waals surface area (Å²) >= 11 is 6.03. The van der Waals surface area contributed by atoms with Crippen molar-refractivity contribution in [1.29, 1.82) is 5.26 Å². The fraction of sp³-hybridized carbons (Fsp3) is 0.0417. The number of amides is 2. The van der Waals surface area contributed by atoms with Crippen LogP contribution in [0.1, 0.15) is 16.7 Å². The van der Waals surface area contributed by atoms with Crippen molar-refractivity contribution >= 4 is 46.1 Å². The molecule has 9 heteroatoms. The van der Waals surface area contributed by atoms with Gasteiger partial charge < -0.3 is 5.32 Å². The molecule has 0 radical (unpaired) electrons. The van der Waals surface area contributed by atoms with Gasteiger partial charge in [0, 0.05) is 22.8 Å². The van der Waals surface area contributed by atoms with Crippen molar-refractivity contribution in [2.75, 3.05) is 10.2 Å². The zero-order valence-corrected chi connectivity index (χ0v) is 18.0. The maximum atomic E-state index is 13.4. The van der Waals surface area contributed by atoms with Crippen molar-refractivity contribution in [2.24, 2.45) is 0 Å². The van der Waals surface area contributed by atoms with Crippen LogP contribution in [0.25, 0.3) is 5.57 Å². The highest BCUT2D eigenvalue weighted by molar-refractivity contribution is 6.46. The highest BCUT2D eigenvalue weighted by Crippen LogP contribution is 2.35. The summed E-state index contributed by atoms with van der Waals surface area (Å²) in [7, 11) is 0. The van der Waals surface area contributed by atoms with E-state index < -0.39 is 16.7 Å². The summed E-state index contributed by atoms with van der Waals surface area (Å²) in [6, 6.07) is 18.5. The number of nitriles is 1. The normalized spacial score (nSPS) is 13.3. The lowest BCUT2D eigenvalue weighted by molar-refractivity contribution is -0.384. The van der Waals surface area contributed by atoms with Gasteiger partial charge in [0.05, 0.1) is 27.8 Å². The Bertz CT molecular complexity index is 1370. The number of nitro groups is 1. The number of anilines is 2. The number of nitrogens with one attached hydrogen (secondary N) is 1. The van der Waals surface area contributed by atoms with E-state index in [2.05, 4.69) is 5.32 Å². The van der Waals surface area contributed by atoms with Crippen molar-refractivity contribution in [1.82, 2.24) is 0 Å². The lowest BCUT2D eigenvalue weighted by Crippen LogP contribution is -2.32. The number of imide groups is 1. The minimum absolute atomic E-state index is 0.0311. The number of hydrogen-bond acceptors (Lipinski definition) is 6. The van der Waals surface area contributed by atoms with Crippen molar-refractivity contribution in [3.05, 3.63) is 104 Å². The number of non-ortho nitro benzene ring substituents is 1. The Hall–Kier alpha value is -4.48. The molecule has 1 heterocycles. The average molecular weight is 459 g/mol. The van der Waals surface area contributed by atoms with Gasteiger partial charge in [-0.2, -0.15) is 5.26 Å². The summed E-state index contributed by atoms with van der Waals surface area (Å²) in [5, 5.41) is 23.6. The van der Waals surface area contributed by atoms with E-state index in [0.717, 1.165) is 10.5 Å². The monoisotopic (exact) mass is 458 g/mol. The van der Waals surface area contributed by atoms with Gasteiger partial charge in [-0.25, -0.2) is 4.90 Å². The first-order valence-corrected chi connectivity index (χ1v) is 10.1. The van der Waals surface area contributed by atoms with E-state index in [-0.39, 0.29) is 17.0 Å². The molecule has 162 valence electrons. The summed E-state index contributed by atoms with van der Waals surface area (Å²) in [6.07, 6.45) is 0. The molecule has 8 nitrogen and oxygen atoms in total. The number of aryl methyl sites for hydroxylation is 1. The SMILES string of the molecule is Cc1cc(Cl)ccc1NC1=C(c2ccc([N+](=O)[O-])cc2)C(=O)N(c2ccc(C#N)cc2)C1=O. The second-order valence-electron chi connectivity index (χ2n) is 7.24. The minimum atomic E-state index is -0.590. The van der Waals surface area contributed by atoms with Crippen LogP contribution in [0, 0.1) is 28.4 Å². The molecule has 0 aromatic heterocycles. The van der Waals surface area contributed by atoms with E-state index in [1.165, 1.54) is 48.5 Å². The molecule has 0 unspecified atom stereocenters. The van der Waals surface area contributed by atoms with Gasteiger partial charge >= 0.3 is 0 Å².